The quantitative estimate of drug-likeness (QED) is 0.670. The standard InChI is InChI=1S/C18H22N6OS/c1-2-3-11-8-13(24-6-4-12(5-7-24)22-10-25)23-18-14(11)15-16(26-18)17(19)21-9-20-15/h8-10,12H,2-7H2,1H3,(H,22,25)(H2,19,20,21). The maximum Gasteiger partial charge on any atom is 0.207 e. The van der Waals surface area contributed by atoms with Crippen molar-refractivity contribution in [2.45, 2.75) is 38.6 Å². The van der Waals surface area contributed by atoms with E-state index in [0.29, 0.717) is 5.82 Å². The van der Waals surface area contributed by atoms with Crippen molar-refractivity contribution >= 4 is 49.8 Å². The highest BCUT2D eigenvalue weighted by atomic mass is 32.1. The summed E-state index contributed by atoms with van der Waals surface area (Å²) in [5.74, 6) is 1.52. The minimum atomic E-state index is 0.266. The van der Waals surface area contributed by atoms with Crippen molar-refractivity contribution < 1.29 is 4.79 Å². The normalized spacial score (nSPS) is 15.7. The maximum absolute atomic E-state index is 10.6. The Morgan fingerprint density at radius 3 is 2.92 bits per heavy atom. The highest BCUT2D eigenvalue weighted by molar-refractivity contribution is 7.26. The number of pyridine rings is 1. The summed E-state index contributed by atoms with van der Waals surface area (Å²) in [6.45, 7) is 3.96. The van der Waals surface area contributed by atoms with E-state index in [1.807, 2.05) is 0 Å². The van der Waals surface area contributed by atoms with Gasteiger partial charge >= 0.3 is 0 Å². The van der Waals surface area contributed by atoms with E-state index in [9.17, 15) is 4.79 Å². The molecule has 8 heteroatoms. The van der Waals surface area contributed by atoms with Crippen molar-refractivity contribution in [3.63, 3.8) is 0 Å². The Morgan fingerprint density at radius 1 is 1.38 bits per heavy atom. The Hall–Kier alpha value is -2.48. The van der Waals surface area contributed by atoms with Crippen molar-refractivity contribution in [2.24, 2.45) is 0 Å². The van der Waals surface area contributed by atoms with Gasteiger partial charge in [-0.3, -0.25) is 4.79 Å². The largest absolute Gasteiger partial charge is 0.382 e. The number of anilines is 2. The Bertz CT molecular complexity index is 948. The van der Waals surface area contributed by atoms with Crippen LogP contribution >= 0.6 is 11.3 Å². The van der Waals surface area contributed by atoms with Crippen LogP contribution in [0.4, 0.5) is 11.6 Å². The van der Waals surface area contributed by atoms with Crippen LogP contribution in [-0.2, 0) is 11.2 Å². The van der Waals surface area contributed by atoms with Crippen LogP contribution < -0.4 is 16.0 Å². The minimum absolute atomic E-state index is 0.266. The molecule has 0 atom stereocenters. The van der Waals surface area contributed by atoms with Crippen LogP contribution in [0.2, 0.25) is 0 Å². The molecule has 0 aromatic carbocycles. The van der Waals surface area contributed by atoms with Crippen LogP contribution in [0.25, 0.3) is 20.4 Å². The number of nitrogens with two attached hydrogens (primary N) is 1. The van der Waals surface area contributed by atoms with E-state index in [4.69, 9.17) is 10.7 Å². The number of thiophene rings is 1. The van der Waals surface area contributed by atoms with E-state index in [2.05, 4.69) is 33.2 Å². The molecule has 0 spiro atoms. The number of rotatable bonds is 5. The van der Waals surface area contributed by atoms with Crippen LogP contribution in [0.3, 0.4) is 0 Å². The first-order valence-corrected chi connectivity index (χ1v) is 9.80. The van der Waals surface area contributed by atoms with Gasteiger partial charge in [-0.05, 0) is 30.9 Å². The van der Waals surface area contributed by atoms with Gasteiger partial charge in [0.1, 0.15) is 22.8 Å². The molecule has 1 fully saturated rings. The molecule has 3 aromatic rings. The molecule has 1 aliphatic rings. The Balaban J connectivity index is 1.76. The number of hydrogen-bond acceptors (Lipinski definition) is 7. The summed E-state index contributed by atoms with van der Waals surface area (Å²) >= 11 is 1.57. The molecule has 0 unspecified atom stereocenters. The summed E-state index contributed by atoms with van der Waals surface area (Å²) < 4.78 is 0.915. The molecular formula is C18H22N6OS. The second-order valence-corrected chi connectivity index (χ2v) is 7.65. The molecule has 1 amide bonds. The van der Waals surface area contributed by atoms with Crippen LogP contribution in [0, 0.1) is 0 Å². The predicted molar refractivity (Wildman–Crippen MR) is 106 cm³/mol. The molecule has 3 aromatic heterocycles. The number of piperidine rings is 1. The predicted octanol–water partition coefficient (Wildman–Crippen LogP) is 2.49. The van der Waals surface area contributed by atoms with Gasteiger partial charge in [0.05, 0.1) is 10.2 Å². The number of aromatic nitrogens is 3. The highest BCUT2D eigenvalue weighted by Crippen LogP contribution is 2.38. The minimum Gasteiger partial charge on any atom is -0.382 e. The van der Waals surface area contributed by atoms with Crippen molar-refractivity contribution in [3.05, 3.63) is 18.0 Å². The summed E-state index contributed by atoms with van der Waals surface area (Å²) in [6, 6.07) is 2.46. The van der Waals surface area contributed by atoms with E-state index in [0.717, 1.165) is 71.4 Å². The fourth-order valence-corrected chi connectivity index (χ4v) is 4.72. The van der Waals surface area contributed by atoms with Gasteiger partial charge in [-0.2, -0.15) is 0 Å². The molecule has 26 heavy (non-hydrogen) atoms. The number of nitrogen functional groups attached to an aromatic ring is 1. The van der Waals surface area contributed by atoms with Gasteiger partial charge in [-0.1, -0.05) is 13.3 Å². The van der Waals surface area contributed by atoms with E-state index in [1.54, 1.807) is 11.3 Å². The molecule has 0 radical (unpaired) electrons. The molecule has 7 nitrogen and oxygen atoms in total. The van der Waals surface area contributed by atoms with E-state index in [-0.39, 0.29) is 6.04 Å². The lowest BCUT2D eigenvalue weighted by Crippen LogP contribution is -2.42. The number of carbonyl (C=O) groups excluding carboxylic acids is 1. The van der Waals surface area contributed by atoms with Gasteiger partial charge in [0, 0.05) is 24.5 Å². The van der Waals surface area contributed by atoms with Crippen molar-refractivity contribution in [2.75, 3.05) is 23.7 Å². The number of nitrogens with one attached hydrogen (secondary N) is 1. The zero-order chi connectivity index (χ0) is 18.1. The number of fused-ring (bicyclic) bond motifs is 3. The van der Waals surface area contributed by atoms with Crippen LogP contribution in [0.1, 0.15) is 31.7 Å². The number of nitrogens with zero attached hydrogens (tertiary/aromatic N) is 4. The van der Waals surface area contributed by atoms with Crippen molar-refractivity contribution in [1.82, 2.24) is 20.3 Å². The Morgan fingerprint density at radius 2 is 2.19 bits per heavy atom. The molecule has 1 aliphatic heterocycles. The monoisotopic (exact) mass is 370 g/mol. The smallest absolute Gasteiger partial charge is 0.207 e. The van der Waals surface area contributed by atoms with E-state index < -0.39 is 0 Å². The van der Waals surface area contributed by atoms with Crippen molar-refractivity contribution in [3.8, 4) is 0 Å². The van der Waals surface area contributed by atoms with Gasteiger partial charge in [-0.15, -0.1) is 11.3 Å². The first-order chi connectivity index (χ1) is 12.7. The topological polar surface area (TPSA) is 97.0 Å². The molecule has 1 saturated heterocycles. The average molecular weight is 370 g/mol. The third kappa shape index (κ3) is 2.94. The average Bonchev–Trinajstić information content (AvgIpc) is 3.03. The number of amides is 1. The summed E-state index contributed by atoms with van der Waals surface area (Å²) in [6.07, 6.45) is 6.23. The van der Waals surface area contributed by atoms with Gasteiger partial charge in [0.25, 0.3) is 0 Å². The highest BCUT2D eigenvalue weighted by Gasteiger charge is 2.22. The molecule has 0 saturated carbocycles. The molecule has 3 N–H and O–H groups in total. The first kappa shape index (κ1) is 17.0. The van der Waals surface area contributed by atoms with Crippen LogP contribution in [-0.4, -0.2) is 40.5 Å². The fraction of sp³-hybridized carbons (Fsp3) is 0.444. The zero-order valence-corrected chi connectivity index (χ0v) is 15.6. The molecule has 0 aliphatic carbocycles. The molecule has 4 rings (SSSR count). The molecular weight excluding hydrogens is 348 g/mol. The molecule has 4 heterocycles. The summed E-state index contributed by atoms with van der Waals surface area (Å²) in [5.41, 5.74) is 8.23. The second kappa shape index (κ2) is 7.03. The lowest BCUT2D eigenvalue weighted by Gasteiger charge is -2.32. The third-order valence-corrected chi connectivity index (χ3v) is 6.06. The summed E-state index contributed by atoms with van der Waals surface area (Å²) in [5, 5.41) is 4.00. The fourth-order valence-electron chi connectivity index (χ4n) is 3.65. The third-order valence-electron chi connectivity index (χ3n) is 4.96. The van der Waals surface area contributed by atoms with Gasteiger partial charge in [0.15, 0.2) is 0 Å². The zero-order valence-electron chi connectivity index (χ0n) is 14.7. The molecule has 0 bridgehead atoms. The SMILES string of the molecule is CCCc1cc(N2CCC(NC=O)CC2)nc2sc3c(N)ncnc3c12. The van der Waals surface area contributed by atoms with E-state index in [1.165, 1.54) is 11.9 Å². The Labute approximate surface area is 155 Å². The lowest BCUT2D eigenvalue weighted by atomic mass is 10.0. The van der Waals surface area contributed by atoms with Gasteiger partial charge < -0.3 is 16.0 Å². The lowest BCUT2D eigenvalue weighted by molar-refractivity contribution is -0.110. The number of hydrogen-bond donors (Lipinski definition) is 2. The van der Waals surface area contributed by atoms with Gasteiger partial charge in [0.2, 0.25) is 6.41 Å². The summed E-state index contributed by atoms with van der Waals surface area (Å²) in [7, 11) is 0. The van der Waals surface area contributed by atoms with Gasteiger partial charge in [-0.25, -0.2) is 15.0 Å². The molecule has 136 valence electrons. The summed E-state index contributed by atoms with van der Waals surface area (Å²) in [4.78, 5) is 27.4. The van der Waals surface area contributed by atoms with Crippen LogP contribution in [0.5, 0.6) is 0 Å². The maximum atomic E-state index is 10.6. The second-order valence-electron chi connectivity index (χ2n) is 6.65. The Kier molecular flexibility index (Phi) is 4.58. The first-order valence-electron chi connectivity index (χ1n) is 8.98. The van der Waals surface area contributed by atoms with E-state index >= 15 is 0 Å². The number of aryl methyl sites for hydroxylation is 1. The van der Waals surface area contributed by atoms with Crippen LogP contribution in [0.15, 0.2) is 12.4 Å². The van der Waals surface area contributed by atoms with Crippen molar-refractivity contribution in [1.29, 1.82) is 0 Å². The number of carbonyl (C=O) groups is 1.